The summed E-state index contributed by atoms with van der Waals surface area (Å²) in [5, 5.41) is 3.78. The number of pyridine rings is 1. The summed E-state index contributed by atoms with van der Waals surface area (Å²) in [6, 6.07) is 9.15. The molecule has 5 heteroatoms. The number of fused-ring (bicyclic) bond motifs is 1. The van der Waals surface area contributed by atoms with Crippen molar-refractivity contribution < 1.29 is 4.79 Å². The molecule has 3 aromatic rings. The quantitative estimate of drug-likeness (QED) is 0.765. The fraction of sp³-hybridized carbons (Fsp3) is 0.133. The molecular formula is C15H14N4O. The van der Waals surface area contributed by atoms with Gasteiger partial charge >= 0.3 is 0 Å². The van der Waals surface area contributed by atoms with Gasteiger partial charge in [-0.3, -0.25) is 9.78 Å². The second kappa shape index (κ2) is 5.13. The van der Waals surface area contributed by atoms with Crippen molar-refractivity contribution in [3.05, 3.63) is 60.3 Å². The number of carbonyl (C=O) groups is 1. The van der Waals surface area contributed by atoms with Crippen molar-refractivity contribution in [2.24, 2.45) is 0 Å². The molecule has 1 unspecified atom stereocenters. The molecule has 3 rings (SSSR count). The van der Waals surface area contributed by atoms with Gasteiger partial charge in [-0.1, -0.05) is 18.2 Å². The van der Waals surface area contributed by atoms with E-state index in [-0.39, 0.29) is 11.9 Å². The Kier molecular flexibility index (Phi) is 3.16. The molecule has 2 N–H and O–H groups in total. The van der Waals surface area contributed by atoms with Crippen LogP contribution in [0.1, 0.15) is 29.1 Å². The molecule has 0 aliphatic heterocycles. The van der Waals surface area contributed by atoms with Crippen LogP contribution in [-0.4, -0.2) is 20.9 Å². The standard InChI is InChI=1S/C15H14N4O/c1-10(14-17-8-9-18-14)19-15(20)12-6-7-16-13-5-3-2-4-11(12)13/h2-10H,1H3,(H,17,18)(H,19,20). The number of aromatic nitrogens is 3. The van der Waals surface area contributed by atoms with E-state index in [4.69, 9.17) is 0 Å². The number of hydrogen-bond donors (Lipinski definition) is 2. The van der Waals surface area contributed by atoms with Gasteiger partial charge in [-0.05, 0) is 19.1 Å². The van der Waals surface area contributed by atoms with Crippen molar-refractivity contribution in [2.45, 2.75) is 13.0 Å². The van der Waals surface area contributed by atoms with Gasteiger partial charge in [0.05, 0.1) is 17.1 Å². The van der Waals surface area contributed by atoms with E-state index < -0.39 is 0 Å². The maximum Gasteiger partial charge on any atom is 0.252 e. The summed E-state index contributed by atoms with van der Waals surface area (Å²) in [4.78, 5) is 23.8. The summed E-state index contributed by atoms with van der Waals surface area (Å²) >= 11 is 0. The second-order valence-corrected chi connectivity index (χ2v) is 4.55. The monoisotopic (exact) mass is 266 g/mol. The molecule has 0 fully saturated rings. The SMILES string of the molecule is CC(NC(=O)c1ccnc2ccccc12)c1ncc[nH]1. The molecule has 0 aliphatic carbocycles. The number of para-hydroxylation sites is 1. The lowest BCUT2D eigenvalue weighted by atomic mass is 10.1. The van der Waals surface area contributed by atoms with Crippen LogP contribution in [0.3, 0.4) is 0 Å². The summed E-state index contributed by atoms with van der Waals surface area (Å²) < 4.78 is 0. The number of H-pyrrole nitrogens is 1. The topological polar surface area (TPSA) is 70.7 Å². The first-order chi connectivity index (χ1) is 9.75. The van der Waals surface area contributed by atoms with Crippen LogP contribution >= 0.6 is 0 Å². The van der Waals surface area contributed by atoms with Crippen molar-refractivity contribution >= 4 is 16.8 Å². The number of carbonyl (C=O) groups excluding carboxylic acids is 1. The fourth-order valence-electron chi connectivity index (χ4n) is 2.15. The minimum absolute atomic E-state index is 0.132. The molecule has 0 aliphatic rings. The van der Waals surface area contributed by atoms with E-state index in [2.05, 4.69) is 20.3 Å². The average molecular weight is 266 g/mol. The highest BCUT2D eigenvalue weighted by Crippen LogP contribution is 2.17. The lowest BCUT2D eigenvalue weighted by molar-refractivity contribution is 0.0940. The molecule has 1 aromatic carbocycles. The van der Waals surface area contributed by atoms with Crippen molar-refractivity contribution in [1.29, 1.82) is 0 Å². The third-order valence-electron chi connectivity index (χ3n) is 3.17. The van der Waals surface area contributed by atoms with Gasteiger partial charge in [0.1, 0.15) is 5.82 Å². The zero-order valence-corrected chi connectivity index (χ0v) is 11.0. The normalized spacial score (nSPS) is 12.2. The summed E-state index contributed by atoms with van der Waals surface area (Å²) in [6.45, 7) is 1.89. The number of rotatable bonds is 3. The van der Waals surface area contributed by atoms with E-state index in [0.717, 1.165) is 16.7 Å². The van der Waals surface area contributed by atoms with Gasteiger partial charge in [0.25, 0.3) is 5.91 Å². The maximum absolute atomic E-state index is 12.4. The molecule has 2 heterocycles. The Morgan fingerprint density at radius 1 is 1.20 bits per heavy atom. The second-order valence-electron chi connectivity index (χ2n) is 4.55. The van der Waals surface area contributed by atoms with Crippen molar-refractivity contribution in [3.63, 3.8) is 0 Å². The van der Waals surface area contributed by atoms with Crippen LogP contribution in [0.25, 0.3) is 10.9 Å². The minimum Gasteiger partial charge on any atom is -0.347 e. The Morgan fingerprint density at radius 2 is 2.05 bits per heavy atom. The molecule has 1 amide bonds. The smallest absolute Gasteiger partial charge is 0.252 e. The minimum atomic E-state index is -0.176. The molecule has 5 nitrogen and oxygen atoms in total. The zero-order chi connectivity index (χ0) is 13.9. The van der Waals surface area contributed by atoms with Crippen LogP contribution in [-0.2, 0) is 0 Å². The zero-order valence-electron chi connectivity index (χ0n) is 11.0. The molecule has 0 bridgehead atoms. The predicted molar refractivity (Wildman–Crippen MR) is 76.2 cm³/mol. The highest BCUT2D eigenvalue weighted by molar-refractivity contribution is 6.06. The fourth-order valence-corrected chi connectivity index (χ4v) is 2.15. The van der Waals surface area contributed by atoms with Crippen LogP contribution in [0.4, 0.5) is 0 Å². The highest BCUT2D eigenvalue weighted by Gasteiger charge is 2.15. The number of imidazole rings is 1. The predicted octanol–water partition coefficient (Wildman–Crippen LogP) is 2.45. The maximum atomic E-state index is 12.4. The van der Waals surface area contributed by atoms with Gasteiger partial charge < -0.3 is 10.3 Å². The molecule has 2 aromatic heterocycles. The number of hydrogen-bond acceptors (Lipinski definition) is 3. The van der Waals surface area contributed by atoms with Crippen LogP contribution in [0.15, 0.2) is 48.9 Å². The van der Waals surface area contributed by atoms with Gasteiger partial charge in [-0.2, -0.15) is 0 Å². The highest BCUT2D eigenvalue weighted by atomic mass is 16.1. The molecule has 0 saturated carbocycles. The molecular weight excluding hydrogens is 252 g/mol. The molecule has 0 radical (unpaired) electrons. The Morgan fingerprint density at radius 3 is 2.85 bits per heavy atom. The third-order valence-corrected chi connectivity index (χ3v) is 3.17. The molecule has 1 atom stereocenters. The Hall–Kier alpha value is -2.69. The van der Waals surface area contributed by atoms with Crippen LogP contribution in [0.5, 0.6) is 0 Å². The van der Waals surface area contributed by atoms with Crippen LogP contribution in [0.2, 0.25) is 0 Å². The Balaban J connectivity index is 1.89. The van der Waals surface area contributed by atoms with Crippen molar-refractivity contribution in [3.8, 4) is 0 Å². The van der Waals surface area contributed by atoms with Gasteiger partial charge in [-0.25, -0.2) is 4.98 Å². The van der Waals surface area contributed by atoms with Crippen LogP contribution in [0, 0.1) is 0 Å². The third kappa shape index (κ3) is 2.25. The average Bonchev–Trinajstić information content (AvgIpc) is 3.01. The molecule has 20 heavy (non-hydrogen) atoms. The largest absolute Gasteiger partial charge is 0.347 e. The number of nitrogens with one attached hydrogen (secondary N) is 2. The summed E-state index contributed by atoms with van der Waals surface area (Å²) in [5.41, 5.74) is 1.43. The van der Waals surface area contributed by atoms with Gasteiger partial charge in [0.15, 0.2) is 0 Å². The lowest BCUT2D eigenvalue weighted by Gasteiger charge is -2.12. The van der Waals surface area contributed by atoms with E-state index in [1.54, 1.807) is 24.7 Å². The molecule has 0 saturated heterocycles. The lowest BCUT2D eigenvalue weighted by Crippen LogP contribution is -2.27. The van der Waals surface area contributed by atoms with E-state index in [0.29, 0.717) is 5.56 Å². The van der Waals surface area contributed by atoms with E-state index in [1.165, 1.54) is 0 Å². The molecule has 100 valence electrons. The van der Waals surface area contributed by atoms with Gasteiger partial charge in [0.2, 0.25) is 0 Å². The van der Waals surface area contributed by atoms with Crippen LogP contribution < -0.4 is 5.32 Å². The summed E-state index contributed by atoms with van der Waals surface area (Å²) in [7, 11) is 0. The number of amides is 1. The first-order valence-electron chi connectivity index (χ1n) is 6.39. The number of aromatic amines is 1. The Bertz CT molecular complexity index is 731. The Labute approximate surface area is 116 Å². The summed E-state index contributed by atoms with van der Waals surface area (Å²) in [6.07, 6.45) is 5.05. The van der Waals surface area contributed by atoms with E-state index in [9.17, 15) is 4.79 Å². The van der Waals surface area contributed by atoms with Gasteiger partial charge in [0, 0.05) is 24.0 Å². The van der Waals surface area contributed by atoms with E-state index >= 15 is 0 Å². The summed E-state index contributed by atoms with van der Waals surface area (Å²) in [5.74, 6) is 0.601. The van der Waals surface area contributed by atoms with Crippen molar-refractivity contribution in [2.75, 3.05) is 0 Å². The number of benzene rings is 1. The van der Waals surface area contributed by atoms with E-state index in [1.807, 2.05) is 31.2 Å². The molecule has 0 spiro atoms. The van der Waals surface area contributed by atoms with Crippen molar-refractivity contribution in [1.82, 2.24) is 20.3 Å². The first-order valence-corrected chi connectivity index (χ1v) is 6.39. The van der Waals surface area contributed by atoms with Gasteiger partial charge in [-0.15, -0.1) is 0 Å². The number of nitrogens with zero attached hydrogens (tertiary/aromatic N) is 2. The first kappa shape index (κ1) is 12.3.